The van der Waals surface area contributed by atoms with Crippen molar-refractivity contribution in [2.75, 3.05) is 24.2 Å². The summed E-state index contributed by atoms with van der Waals surface area (Å²) in [6.45, 7) is 0.789. The number of primary amides is 1. The summed E-state index contributed by atoms with van der Waals surface area (Å²) in [7, 11) is 2.00. The number of aromatic amines is 1. The smallest absolute Gasteiger partial charge is 0.272 e. The van der Waals surface area contributed by atoms with E-state index in [1.165, 1.54) is 11.3 Å². The highest BCUT2D eigenvalue weighted by Gasteiger charge is 2.22. The lowest BCUT2D eigenvalue weighted by Gasteiger charge is -2.19. The molecule has 3 aromatic rings. The van der Waals surface area contributed by atoms with Crippen molar-refractivity contribution in [3.05, 3.63) is 47.2 Å². The summed E-state index contributed by atoms with van der Waals surface area (Å²) < 4.78 is 0. The molecule has 0 unspecified atom stereocenters. The molecule has 3 rings (SSSR count). The summed E-state index contributed by atoms with van der Waals surface area (Å²) in [4.78, 5) is 22.3. The third-order valence-electron chi connectivity index (χ3n) is 3.72. The van der Waals surface area contributed by atoms with Crippen LogP contribution in [0.3, 0.4) is 0 Å². The lowest BCUT2D eigenvalue weighted by molar-refractivity contribution is -0.341. The number of amides is 1. The van der Waals surface area contributed by atoms with Crippen molar-refractivity contribution in [3.63, 3.8) is 0 Å². The Morgan fingerprint density at radius 2 is 2.22 bits per heavy atom. The normalized spacial score (nSPS) is 10.8. The van der Waals surface area contributed by atoms with Crippen LogP contribution in [0.2, 0.25) is 0 Å². The number of nitrogens with two attached hydrogens (primary N) is 2. The first kappa shape index (κ1) is 15.2. The summed E-state index contributed by atoms with van der Waals surface area (Å²) in [6, 6.07) is 7.84. The Kier molecular flexibility index (Phi) is 4.12. The summed E-state index contributed by atoms with van der Waals surface area (Å²) in [5.74, 6) is -0.501. The Labute approximate surface area is 137 Å². The van der Waals surface area contributed by atoms with Gasteiger partial charge in [-0.15, -0.1) is 0 Å². The number of pyridine rings is 2. The number of nitrogen functional groups attached to an aromatic ring is 1. The Balaban J connectivity index is 1.91. The molecule has 23 heavy (non-hydrogen) atoms. The highest BCUT2D eigenvalue weighted by molar-refractivity contribution is 7.20. The van der Waals surface area contributed by atoms with Crippen LogP contribution in [0.25, 0.3) is 10.2 Å². The number of hydrogen-bond acceptors (Lipinski definition) is 5. The van der Waals surface area contributed by atoms with Gasteiger partial charge in [0.05, 0.1) is 11.4 Å². The van der Waals surface area contributed by atoms with Crippen molar-refractivity contribution < 1.29 is 9.78 Å². The average molecular weight is 328 g/mol. The lowest BCUT2D eigenvalue weighted by Crippen LogP contribution is -2.22. The zero-order chi connectivity index (χ0) is 16.4. The zero-order valence-electron chi connectivity index (χ0n) is 12.7. The molecule has 0 atom stereocenters. The van der Waals surface area contributed by atoms with Gasteiger partial charge in [-0.2, -0.15) is 0 Å². The number of carbonyl (C=O) groups excluding carboxylic acids is 1. The zero-order valence-corrected chi connectivity index (χ0v) is 13.6. The van der Waals surface area contributed by atoms with E-state index in [4.69, 9.17) is 11.5 Å². The third-order valence-corrected chi connectivity index (χ3v) is 4.87. The molecule has 6 nitrogen and oxygen atoms in total. The average Bonchev–Trinajstić information content (AvgIpc) is 2.91. The molecule has 0 bridgehead atoms. The van der Waals surface area contributed by atoms with E-state index in [2.05, 4.69) is 14.9 Å². The van der Waals surface area contributed by atoms with Gasteiger partial charge in [0, 0.05) is 38.0 Å². The Morgan fingerprint density at radius 3 is 2.91 bits per heavy atom. The van der Waals surface area contributed by atoms with Crippen LogP contribution in [0.5, 0.6) is 0 Å². The van der Waals surface area contributed by atoms with Crippen molar-refractivity contribution in [2.45, 2.75) is 6.42 Å². The number of aromatic nitrogens is 2. The molecule has 3 aromatic heterocycles. The van der Waals surface area contributed by atoms with Crippen LogP contribution in [0.4, 0.5) is 11.4 Å². The van der Waals surface area contributed by atoms with Crippen molar-refractivity contribution in [1.82, 2.24) is 4.98 Å². The van der Waals surface area contributed by atoms with Gasteiger partial charge in [0.25, 0.3) is 10.7 Å². The predicted molar refractivity (Wildman–Crippen MR) is 92.5 cm³/mol. The van der Waals surface area contributed by atoms with Crippen LogP contribution in [0.15, 0.2) is 36.7 Å². The van der Waals surface area contributed by atoms with Crippen molar-refractivity contribution in [1.29, 1.82) is 0 Å². The monoisotopic (exact) mass is 328 g/mol. The molecule has 0 aromatic carbocycles. The Bertz CT molecular complexity index is 846. The number of rotatable bonds is 5. The summed E-state index contributed by atoms with van der Waals surface area (Å²) in [6.07, 6.45) is 4.46. The molecular formula is C16H18N5OS+. The number of fused-ring (bicyclic) bond motifs is 1. The van der Waals surface area contributed by atoms with Gasteiger partial charge < -0.3 is 16.4 Å². The summed E-state index contributed by atoms with van der Waals surface area (Å²) >= 11 is 1.28. The number of carbonyl (C=O) groups is 1. The number of thiophene rings is 1. The fourth-order valence-corrected chi connectivity index (χ4v) is 3.49. The number of hydrogen-bond donors (Lipinski definition) is 2. The second kappa shape index (κ2) is 6.21. The van der Waals surface area contributed by atoms with Gasteiger partial charge in [-0.1, -0.05) is 17.4 Å². The van der Waals surface area contributed by atoms with Gasteiger partial charge in [0.2, 0.25) is 0 Å². The van der Waals surface area contributed by atoms with Crippen LogP contribution in [0.1, 0.15) is 15.4 Å². The first-order valence-electron chi connectivity index (χ1n) is 7.21. The SMILES string of the molecule is CN(CCc1ccccn1)c1cc[nH+]c2sc(C(N)=O)c(N)c12. The molecule has 0 aliphatic heterocycles. The summed E-state index contributed by atoms with van der Waals surface area (Å²) in [5, 5.41) is 0.842. The second-order valence-electron chi connectivity index (χ2n) is 5.27. The number of H-pyrrole nitrogens is 1. The molecule has 0 aliphatic rings. The number of anilines is 2. The highest BCUT2D eigenvalue weighted by atomic mass is 32.1. The minimum atomic E-state index is -0.501. The fourth-order valence-electron chi connectivity index (χ4n) is 2.53. The minimum absolute atomic E-state index is 0.391. The molecule has 0 fully saturated rings. The fraction of sp³-hybridized carbons (Fsp3) is 0.188. The maximum Gasteiger partial charge on any atom is 0.272 e. The van der Waals surface area contributed by atoms with E-state index in [1.54, 1.807) is 6.20 Å². The van der Waals surface area contributed by atoms with E-state index in [9.17, 15) is 4.79 Å². The van der Waals surface area contributed by atoms with Crippen LogP contribution in [-0.2, 0) is 6.42 Å². The van der Waals surface area contributed by atoms with Crippen molar-refractivity contribution in [2.24, 2.45) is 5.73 Å². The van der Waals surface area contributed by atoms with E-state index in [0.717, 1.165) is 34.6 Å². The number of likely N-dealkylation sites (N-methyl/N-ethyl adjacent to an activating group) is 1. The molecule has 0 saturated carbocycles. The van der Waals surface area contributed by atoms with Gasteiger partial charge in [0.15, 0.2) is 6.20 Å². The van der Waals surface area contributed by atoms with Crippen LogP contribution < -0.4 is 21.4 Å². The highest BCUT2D eigenvalue weighted by Crippen LogP contribution is 2.36. The third kappa shape index (κ3) is 2.95. The topological polar surface area (TPSA) is 99.4 Å². The molecule has 0 radical (unpaired) electrons. The predicted octanol–water partition coefficient (Wildman–Crippen LogP) is 1.47. The van der Waals surface area contributed by atoms with Crippen molar-refractivity contribution >= 4 is 38.8 Å². The number of nitrogens with one attached hydrogen (secondary N) is 1. The lowest BCUT2D eigenvalue weighted by atomic mass is 10.2. The van der Waals surface area contributed by atoms with Crippen LogP contribution in [-0.4, -0.2) is 24.5 Å². The summed E-state index contributed by atoms with van der Waals surface area (Å²) in [5.41, 5.74) is 14.0. The van der Waals surface area contributed by atoms with Gasteiger partial charge in [-0.25, -0.2) is 4.98 Å². The molecule has 1 amide bonds. The molecule has 118 valence electrons. The van der Waals surface area contributed by atoms with E-state index < -0.39 is 5.91 Å². The molecule has 0 saturated heterocycles. The number of nitrogens with zero attached hydrogens (tertiary/aromatic N) is 2. The first-order chi connectivity index (χ1) is 11.1. The van der Waals surface area contributed by atoms with Gasteiger partial charge in [0.1, 0.15) is 10.3 Å². The standard InChI is InChI=1S/C16H17N5OS/c1-21(9-6-10-4-2-3-7-19-10)11-5-8-20-16-12(11)13(17)14(23-16)15(18)22/h2-5,7-8H,6,9,17H2,1H3,(H2,18,22)/p+1. The van der Waals surface area contributed by atoms with Gasteiger partial charge in [-0.3, -0.25) is 9.78 Å². The van der Waals surface area contributed by atoms with Gasteiger partial charge >= 0.3 is 0 Å². The Hall–Kier alpha value is -2.67. The molecule has 0 aliphatic carbocycles. The maximum absolute atomic E-state index is 11.5. The van der Waals surface area contributed by atoms with Crippen LogP contribution >= 0.6 is 11.3 Å². The van der Waals surface area contributed by atoms with Gasteiger partial charge in [-0.05, 0) is 12.1 Å². The second-order valence-corrected chi connectivity index (χ2v) is 6.29. The maximum atomic E-state index is 11.5. The van der Waals surface area contributed by atoms with E-state index in [0.29, 0.717) is 10.6 Å². The molecular weight excluding hydrogens is 310 g/mol. The molecule has 3 heterocycles. The van der Waals surface area contributed by atoms with Crippen molar-refractivity contribution in [3.8, 4) is 0 Å². The molecule has 7 heteroatoms. The first-order valence-corrected chi connectivity index (χ1v) is 8.03. The molecule has 5 N–H and O–H groups in total. The van der Waals surface area contributed by atoms with E-state index >= 15 is 0 Å². The molecule has 0 spiro atoms. The van der Waals surface area contributed by atoms with E-state index in [1.807, 2.05) is 37.5 Å². The minimum Gasteiger partial charge on any atom is -0.397 e. The van der Waals surface area contributed by atoms with Crippen LogP contribution in [0, 0.1) is 0 Å². The Morgan fingerprint density at radius 1 is 1.39 bits per heavy atom. The largest absolute Gasteiger partial charge is 0.397 e. The van der Waals surface area contributed by atoms with E-state index in [-0.39, 0.29) is 0 Å². The quantitative estimate of drug-likeness (QED) is 0.741.